The molecule has 0 aliphatic carbocycles. The van der Waals surface area contributed by atoms with Crippen molar-refractivity contribution in [3.63, 3.8) is 0 Å². The fourth-order valence-electron chi connectivity index (χ4n) is 2.65. The molecule has 2 aromatic rings. The van der Waals surface area contributed by atoms with E-state index in [-0.39, 0.29) is 22.9 Å². The van der Waals surface area contributed by atoms with E-state index in [2.05, 4.69) is 5.32 Å². The van der Waals surface area contributed by atoms with E-state index in [1.807, 2.05) is 18.2 Å². The minimum atomic E-state index is -0.772. The zero-order valence-electron chi connectivity index (χ0n) is 14.4. The summed E-state index contributed by atoms with van der Waals surface area (Å²) in [6.07, 6.45) is -0.0567. The number of imide groups is 1. The van der Waals surface area contributed by atoms with Crippen LogP contribution in [0.15, 0.2) is 65.2 Å². The van der Waals surface area contributed by atoms with E-state index in [1.165, 1.54) is 0 Å². The summed E-state index contributed by atoms with van der Waals surface area (Å²) in [5.74, 6) is -0.823. The molecule has 0 saturated carbocycles. The van der Waals surface area contributed by atoms with Crippen molar-refractivity contribution in [3.8, 4) is 12.1 Å². The van der Waals surface area contributed by atoms with Gasteiger partial charge in [0.2, 0.25) is 11.8 Å². The maximum atomic E-state index is 12.9. The number of thioether (sulfide) groups is 1. The van der Waals surface area contributed by atoms with Gasteiger partial charge >= 0.3 is 0 Å². The lowest BCUT2D eigenvalue weighted by Crippen LogP contribution is -2.31. The topological polar surface area (TPSA) is 97.0 Å². The fraction of sp³-hybridized carbons (Fsp3) is 0.100. The predicted octanol–water partition coefficient (Wildman–Crippen LogP) is 4.08. The minimum absolute atomic E-state index is 0.0567. The van der Waals surface area contributed by atoms with Crippen molar-refractivity contribution in [2.24, 2.45) is 0 Å². The van der Waals surface area contributed by atoms with E-state index < -0.39 is 11.2 Å². The second-order valence-electron chi connectivity index (χ2n) is 5.75. The molecule has 138 valence electrons. The van der Waals surface area contributed by atoms with Crippen molar-refractivity contribution >= 4 is 46.6 Å². The molecule has 8 heteroatoms. The lowest BCUT2D eigenvalue weighted by atomic mass is 10.3. The summed E-state index contributed by atoms with van der Waals surface area (Å²) in [5.41, 5.74) is 0.822. The number of benzene rings is 2. The smallest absolute Gasteiger partial charge is 0.247 e. The summed E-state index contributed by atoms with van der Waals surface area (Å²) >= 11 is 7.12. The van der Waals surface area contributed by atoms with Crippen LogP contribution < -0.4 is 10.2 Å². The Kier molecular flexibility index (Phi) is 6.00. The van der Waals surface area contributed by atoms with Crippen LogP contribution in [0, 0.1) is 22.7 Å². The Hall–Kier alpha value is -3.26. The molecule has 0 radical (unpaired) electrons. The van der Waals surface area contributed by atoms with Crippen molar-refractivity contribution < 1.29 is 9.59 Å². The molecule has 3 rings (SSSR count). The predicted molar refractivity (Wildman–Crippen MR) is 108 cm³/mol. The third kappa shape index (κ3) is 4.01. The van der Waals surface area contributed by atoms with Crippen LogP contribution in [0.5, 0.6) is 0 Å². The Morgan fingerprint density at radius 1 is 1.07 bits per heavy atom. The first-order chi connectivity index (χ1) is 13.5. The van der Waals surface area contributed by atoms with Gasteiger partial charge in [0.15, 0.2) is 5.57 Å². The molecule has 0 unspecified atom stereocenters. The van der Waals surface area contributed by atoms with E-state index in [4.69, 9.17) is 11.6 Å². The largest absolute Gasteiger partial charge is 0.349 e. The highest BCUT2D eigenvalue weighted by molar-refractivity contribution is 8.04. The first-order valence-electron chi connectivity index (χ1n) is 8.19. The molecule has 0 bridgehead atoms. The number of halogens is 1. The Morgan fingerprint density at radius 2 is 1.71 bits per heavy atom. The van der Waals surface area contributed by atoms with Crippen LogP contribution in [-0.2, 0) is 9.59 Å². The summed E-state index contributed by atoms with van der Waals surface area (Å²) in [5, 5.41) is 21.3. The number of carbonyl (C=O) groups is 2. The molecule has 0 aromatic heterocycles. The number of nitrogens with one attached hydrogen (secondary N) is 1. The summed E-state index contributed by atoms with van der Waals surface area (Å²) in [6.45, 7) is 0. The lowest BCUT2D eigenvalue weighted by molar-refractivity contribution is -0.121. The molecule has 28 heavy (non-hydrogen) atoms. The van der Waals surface area contributed by atoms with Crippen LogP contribution in [-0.4, -0.2) is 17.1 Å². The van der Waals surface area contributed by atoms with E-state index in [9.17, 15) is 20.1 Å². The van der Waals surface area contributed by atoms with Gasteiger partial charge in [0.1, 0.15) is 17.2 Å². The molecule has 1 N–H and O–H groups in total. The zero-order valence-corrected chi connectivity index (χ0v) is 16.0. The molecule has 1 aliphatic heterocycles. The van der Waals surface area contributed by atoms with Crippen molar-refractivity contribution in [2.45, 2.75) is 11.7 Å². The highest BCUT2D eigenvalue weighted by Gasteiger charge is 2.41. The lowest BCUT2D eigenvalue weighted by Gasteiger charge is -2.17. The Bertz CT molecular complexity index is 1020. The number of anilines is 2. The first-order valence-corrected chi connectivity index (χ1v) is 9.45. The highest BCUT2D eigenvalue weighted by atomic mass is 35.5. The maximum absolute atomic E-state index is 12.9. The van der Waals surface area contributed by atoms with E-state index >= 15 is 0 Å². The van der Waals surface area contributed by atoms with Gasteiger partial charge in [0.25, 0.3) is 0 Å². The van der Waals surface area contributed by atoms with Gasteiger partial charge in [0.05, 0.1) is 16.0 Å². The van der Waals surface area contributed by atoms with Crippen molar-refractivity contribution in [3.05, 3.63) is 70.2 Å². The Morgan fingerprint density at radius 3 is 2.36 bits per heavy atom. The normalized spacial score (nSPS) is 15.7. The molecule has 2 amide bonds. The SMILES string of the molecule is N#CC(C#N)=C(Nc1ccccc1)S[C@H]1CC(=O)N(c2ccccc2Cl)C1=O. The Balaban J connectivity index is 1.88. The van der Waals surface area contributed by atoms with Gasteiger partial charge < -0.3 is 5.32 Å². The number of nitrogens with zero attached hydrogens (tertiary/aromatic N) is 3. The fourth-order valence-corrected chi connectivity index (χ4v) is 3.98. The van der Waals surface area contributed by atoms with Crippen LogP contribution >= 0.6 is 23.4 Å². The molecule has 1 saturated heterocycles. The van der Waals surface area contributed by atoms with Crippen LogP contribution in [0.25, 0.3) is 0 Å². The second-order valence-corrected chi connectivity index (χ2v) is 7.37. The number of amides is 2. The summed E-state index contributed by atoms with van der Waals surface area (Å²) in [7, 11) is 0. The molecule has 0 spiro atoms. The number of hydrogen-bond donors (Lipinski definition) is 1. The molecule has 1 aliphatic rings. The van der Waals surface area contributed by atoms with E-state index in [0.29, 0.717) is 16.4 Å². The van der Waals surface area contributed by atoms with Gasteiger partial charge in [-0.2, -0.15) is 10.5 Å². The van der Waals surface area contributed by atoms with Gasteiger partial charge in [-0.25, -0.2) is 4.90 Å². The van der Waals surface area contributed by atoms with Crippen LogP contribution in [0.1, 0.15) is 6.42 Å². The third-order valence-corrected chi connectivity index (χ3v) is 5.46. The summed E-state index contributed by atoms with van der Waals surface area (Å²) < 4.78 is 0. The average molecular weight is 409 g/mol. The Labute approximate surface area is 171 Å². The highest BCUT2D eigenvalue weighted by Crippen LogP contribution is 2.37. The molecule has 1 atom stereocenters. The van der Waals surface area contributed by atoms with Gasteiger partial charge in [0, 0.05) is 12.1 Å². The van der Waals surface area contributed by atoms with Gasteiger partial charge in [-0.3, -0.25) is 9.59 Å². The van der Waals surface area contributed by atoms with Gasteiger partial charge in [-0.05, 0) is 24.3 Å². The van der Waals surface area contributed by atoms with E-state index in [0.717, 1.165) is 16.7 Å². The van der Waals surface area contributed by atoms with Crippen LogP contribution in [0.4, 0.5) is 11.4 Å². The minimum Gasteiger partial charge on any atom is -0.349 e. The molecular weight excluding hydrogens is 396 g/mol. The van der Waals surface area contributed by atoms with E-state index in [1.54, 1.807) is 48.5 Å². The second kappa shape index (κ2) is 8.62. The standard InChI is InChI=1S/C20H13ClN4O2S/c21-15-8-4-5-9-16(15)25-18(26)10-17(20(25)27)28-19(13(11-22)12-23)24-14-6-2-1-3-7-14/h1-9,17,24H,10H2/t17-/m0/s1. The number of hydrogen-bond acceptors (Lipinski definition) is 6. The summed E-state index contributed by atoms with van der Waals surface area (Å²) in [4.78, 5) is 26.4. The van der Waals surface area contributed by atoms with Crippen LogP contribution in [0.3, 0.4) is 0 Å². The first kappa shape index (κ1) is 19.5. The van der Waals surface area contributed by atoms with Crippen molar-refractivity contribution in [2.75, 3.05) is 10.2 Å². The maximum Gasteiger partial charge on any atom is 0.247 e. The van der Waals surface area contributed by atoms with Gasteiger partial charge in [-0.15, -0.1) is 0 Å². The van der Waals surface area contributed by atoms with Crippen molar-refractivity contribution in [1.82, 2.24) is 0 Å². The number of para-hydroxylation sites is 2. The molecule has 1 fully saturated rings. The number of nitriles is 2. The van der Waals surface area contributed by atoms with Gasteiger partial charge in [-0.1, -0.05) is 53.7 Å². The monoisotopic (exact) mass is 408 g/mol. The molecule has 2 aromatic carbocycles. The van der Waals surface area contributed by atoms with Crippen molar-refractivity contribution in [1.29, 1.82) is 10.5 Å². The van der Waals surface area contributed by atoms with Crippen LogP contribution in [0.2, 0.25) is 5.02 Å². The third-order valence-electron chi connectivity index (χ3n) is 3.94. The molecular formula is C20H13ClN4O2S. The zero-order chi connectivity index (χ0) is 20.1. The number of rotatable bonds is 5. The number of carbonyl (C=O) groups excluding carboxylic acids is 2. The molecule has 1 heterocycles. The molecule has 6 nitrogen and oxygen atoms in total. The quantitative estimate of drug-likeness (QED) is 0.591. The summed E-state index contributed by atoms with van der Waals surface area (Å²) in [6, 6.07) is 19.2. The number of allylic oxidation sites excluding steroid dienone is 1. The average Bonchev–Trinajstić information content (AvgIpc) is 2.97.